The van der Waals surface area contributed by atoms with E-state index in [0.29, 0.717) is 18.6 Å². The predicted octanol–water partition coefficient (Wildman–Crippen LogP) is 1.98. The van der Waals surface area contributed by atoms with Gasteiger partial charge < -0.3 is 4.74 Å². The van der Waals surface area contributed by atoms with Gasteiger partial charge in [0.05, 0.1) is 10.6 Å². The van der Waals surface area contributed by atoms with Crippen LogP contribution in [0.3, 0.4) is 0 Å². The van der Waals surface area contributed by atoms with E-state index in [1.54, 1.807) is 13.2 Å². The van der Waals surface area contributed by atoms with Crippen LogP contribution in [-0.2, 0) is 16.0 Å². The van der Waals surface area contributed by atoms with Gasteiger partial charge in [-0.15, -0.1) is 0 Å². The van der Waals surface area contributed by atoms with Gasteiger partial charge in [0, 0.05) is 31.5 Å². The molecule has 1 N–H and O–H groups in total. The summed E-state index contributed by atoms with van der Waals surface area (Å²) in [5.74, 6) is -0.688. The highest BCUT2D eigenvalue weighted by molar-refractivity contribution is 6.34. The lowest BCUT2D eigenvalue weighted by molar-refractivity contribution is -0.121. The third-order valence-electron chi connectivity index (χ3n) is 3.12. The van der Waals surface area contributed by atoms with E-state index in [9.17, 15) is 9.59 Å². The van der Waals surface area contributed by atoms with Gasteiger partial charge in [-0.3, -0.25) is 19.9 Å². The summed E-state index contributed by atoms with van der Waals surface area (Å²) in [5, 5.41) is 2.63. The van der Waals surface area contributed by atoms with Crippen LogP contribution in [0.4, 0.5) is 0 Å². The van der Waals surface area contributed by atoms with E-state index < -0.39 is 5.91 Å². The molecule has 1 fully saturated rings. The third kappa shape index (κ3) is 4.02. The Morgan fingerprint density at radius 1 is 1.50 bits per heavy atom. The van der Waals surface area contributed by atoms with Crippen LogP contribution < -0.4 is 5.32 Å². The Balaban J connectivity index is 2.02. The quantitative estimate of drug-likeness (QED) is 0.644. The summed E-state index contributed by atoms with van der Waals surface area (Å²) in [6, 6.07) is 1.63. The van der Waals surface area contributed by atoms with Gasteiger partial charge in [0.1, 0.15) is 0 Å². The Morgan fingerprint density at radius 3 is 2.90 bits per heavy atom. The first-order valence-corrected chi connectivity index (χ1v) is 6.98. The maximum atomic E-state index is 12.0. The monoisotopic (exact) mass is 296 g/mol. The van der Waals surface area contributed by atoms with Gasteiger partial charge >= 0.3 is 0 Å². The average Bonchev–Trinajstić information content (AvgIpc) is 3.25. The fourth-order valence-electron chi connectivity index (χ4n) is 1.82. The molecule has 1 aliphatic rings. The first kappa shape index (κ1) is 14.9. The zero-order chi connectivity index (χ0) is 14.5. The second-order valence-electron chi connectivity index (χ2n) is 4.84. The van der Waals surface area contributed by atoms with E-state index in [2.05, 4.69) is 10.3 Å². The molecule has 2 amide bonds. The lowest BCUT2D eigenvalue weighted by Crippen LogP contribution is -2.31. The van der Waals surface area contributed by atoms with Gasteiger partial charge in [-0.1, -0.05) is 11.6 Å². The topological polar surface area (TPSA) is 68.3 Å². The number of hydrogen-bond donors (Lipinski definition) is 1. The summed E-state index contributed by atoms with van der Waals surface area (Å²) in [6.07, 6.45) is 4.66. The molecule has 0 saturated heterocycles. The van der Waals surface area contributed by atoms with Gasteiger partial charge in [0.2, 0.25) is 5.91 Å². The van der Waals surface area contributed by atoms with Crippen LogP contribution in [0.5, 0.6) is 0 Å². The minimum atomic E-state index is -0.456. The van der Waals surface area contributed by atoms with Crippen molar-refractivity contribution in [1.82, 2.24) is 10.3 Å². The number of halogens is 1. The Kier molecular flexibility index (Phi) is 5.09. The summed E-state index contributed by atoms with van der Waals surface area (Å²) in [4.78, 5) is 27.8. The van der Waals surface area contributed by atoms with Crippen LogP contribution in [0.25, 0.3) is 0 Å². The molecular formula is C14H17ClN2O3. The molecule has 0 aliphatic heterocycles. The number of ether oxygens (including phenoxy) is 1. The fourth-order valence-corrected chi connectivity index (χ4v) is 2.01. The molecule has 1 saturated carbocycles. The van der Waals surface area contributed by atoms with Crippen LogP contribution >= 0.6 is 11.6 Å². The number of imide groups is 1. The van der Waals surface area contributed by atoms with Crippen LogP contribution in [0, 0.1) is 5.92 Å². The summed E-state index contributed by atoms with van der Waals surface area (Å²) >= 11 is 5.97. The molecule has 1 aromatic rings. The van der Waals surface area contributed by atoms with Gasteiger partial charge in [0.15, 0.2) is 0 Å². The number of aryl methyl sites for hydroxylation is 1. The number of amides is 2. The lowest BCUT2D eigenvalue weighted by Gasteiger charge is -2.07. The average molecular weight is 297 g/mol. The van der Waals surface area contributed by atoms with Crippen molar-refractivity contribution in [3.63, 3.8) is 0 Å². The summed E-state index contributed by atoms with van der Waals surface area (Å²) < 4.78 is 4.97. The molecule has 0 unspecified atom stereocenters. The molecule has 0 aromatic carbocycles. The molecule has 2 rings (SSSR count). The standard InChI is InChI=1S/C14H17ClN2O3/c1-20-6-2-3-10-7-11(12(15)8-16-10)14(19)17-13(18)9-4-5-9/h7-9H,2-6H2,1H3,(H,17,18,19). The number of methoxy groups -OCH3 is 1. The van der Waals surface area contributed by atoms with E-state index in [1.165, 1.54) is 6.20 Å². The maximum Gasteiger partial charge on any atom is 0.259 e. The lowest BCUT2D eigenvalue weighted by atomic mass is 10.1. The zero-order valence-corrected chi connectivity index (χ0v) is 12.1. The molecule has 0 atom stereocenters. The fraction of sp³-hybridized carbons (Fsp3) is 0.500. The molecule has 1 aliphatic carbocycles. The Bertz CT molecular complexity index is 515. The molecule has 108 valence electrons. The van der Waals surface area contributed by atoms with Crippen LogP contribution in [0.1, 0.15) is 35.3 Å². The van der Waals surface area contributed by atoms with E-state index >= 15 is 0 Å². The molecule has 0 bridgehead atoms. The highest BCUT2D eigenvalue weighted by Gasteiger charge is 2.31. The molecule has 0 radical (unpaired) electrons. The Labute approximate surface area is 122 Å². The summed E-state index contributed by atoms with van der Waals surface area (Å²) in [6.45, 7) is 0.631. The SMILES string of the molecule is COCCCc1cc(C(=O)NC(=O)C2CC2)c(Cl)cn1. The van der Waals surface area contributed by atoms with Gasteiger partial charge in [-0.2, -0.15) is 0 Å². The van der Waals surface area contributed by atoms with Crippen LogP contribution in [0.15, 0.2) is 12.3 Å². The number of hydrogen-bond acceptors (Lipinski definition) is 4. The minimum Gasteiger partial charge on any atom is -0.385 e. The number of aromatic nitrogens is 1. The number of nitrogens with zero attached hydrogens (tertiary/aromatic N) is 1. The molecule has 5 nitrogen and oxygen atoms in total. The Hall–Kier alpha value is -1.46. The molecule has 1 heterocycles. The second kappa shape index (κ2) is 6.81. The van der Waals surface area contributed by atoms with E-state index in [-0.39, 0.29) is 16.8 Å². The number of carbonyl (C=O) groups excluding carboxylic acids is 2. The van der Waals surface area contributed by atoms with Gasteiger partial charge in [-0.05, 0) is 31.7 Å². The smallest absolute Gasteiger partial charge is 0.259 e. The van der Waals surface area contributed by atoms with Crippen molar-refractivity contribution in [2.75, 3.05) is 13.7 Å². The number of rotatable bonds is 6. The highest BCUT2D eigenvalue weighted by atomic mass is 35.5. The van der Waals surface area contributed by atoms with Crippen molar-refractivity contribution >= 4 is 23.4 Å². The Morgan fingerprint density at radius 2 is 2.25 bits per heavy atom. The third-order valence-corrected chi connectivity index (χ3v) is 3.42. The molecule has 1 aromatic heterocycles. The van der Waals surface area contributed by atoms with Crippen molar-refractivity contribution in [2.24, 2.45) is 5.92 Å². The van der Waals surface area contributed by atoms with Gasteiger partial charge in [-0.25, -0.2) is 0 Å². The van der Waals surface area contributed by atoms with E-state index in [4.69, 9.17) is 16.3 Å². The molecule has 20 heavy (non-hydrogen) atoms. The van der Waals surface area contributed by atoms with Crippen molar-refractivity contribution in [3.05, 3.63) is 28.5 Å². The molecular weight excluding hydrogens is 280 g/mol. The number of nitrogens with one attached hydrogen (secondary N) is 1. The van der Waals surface area contributed by atoms with Crippen molar-refractivity contribution in [1.29, 1.82) is 0 Å². The van der Waals surface area contributed by atoms with E-state index in [0.717, 1.165) is 25.0 Å². The molecule has 6 heteroatoms. The summed E-state index contributed by atoms with van der Waals surface area (Å²) in [5.41, 5.74) is 1.05. The number of pyridine rings is 1. The van der Waals surface area contributed by atoms with E-state index in [1.807, 2.05) is 0 Å². The largest absolute Gasteiger partial charge is 0.385 e. The van der Waals surface area contributed by atoms with Crippen LogP contribution in [0.2, 0.25) is 5.02 Å². The number of carbonyl (C=O) groups is 2. The van der Waals surface area contributed by atoms with Crippen molar-refractivity contribution < 1.29 is 14.3 Å². The summed E-state index contributed by atoms with van der Waals surface area (Å²) in [7, 11) is 1.64. The normalized spacial score (nSPS) is 14.1. The maximum absolute atomic E-state index is 12.0. The first-order chi connectivity index (χ1) is 9.61. The second-order valence-corrected chi connectivity index (χ2v) is 5.25. The van der Waals surface area contributed by atoms with Crippen molar-refractivity contribution in [3.8, 4) is 0 Å². The predicted molar refractivity (Wildman–Crippen MR) is 74.6 cm³/mol. The molecule has 0 spiro atoms. The van der Waals surface area contributed by atoms with Crippen molar-refractivity contribution in [2.45, 2.75) is 25.7 Å². The van der Waals surface area contributed by atoms with Crippen LogP contribution in [-0.4, -0.2) is 30.5 Å². The highest BCUT2D eigenvalue weighted by Crippen LogP contribution is 2.29. The minimum absolute atomic E-state index is 0.0132. The first-order valence-electron chi connectivity index (χ1n) is 6.60. The van der Waals surface area contributed by atoms with Gasteiger partial charge in [0.25, 0.3) is 5.91 Å². The zero-order valence-electron chi connectivity index (χ0n) is 11.3.